The van der Waals surface area contributed by atoms with Gasteiger partial charge in [-0.2, -0.15) is 0 Å². The van der Waals surface area contributed by atoms with Gasteiger partial charge in [-0.1, -0.05) is 6.07 Å². The van der Waals surface area contributed by atoms with Gasteiger partial charge in [-0.05, 0) is 31.3 Å². The lowest BCUT2D eigenvalue weighted by atomic mass is 10.3. The fourth-order valence-electron chi connectivity index (χ4n) is 1.32. The zero-order valence-electron chi connectivity index (χ0n) is 10.1. The summed E-state index contributed by atoms with van der Waals surface area (Å²) in [4.78, 5) is 1.28. The largest absolute Gasteiger partial charge is 0.385 e. The summed E-state index contributed by atoms with van der Waals surface area (Å²) < 4.78 is 10.7. The van der Waals surface area contributed by atoms with Crippen molar-refractivity contribution in [3.63, 3.8) is 0 Å². The molecule has 1 aromatic heterocycles. The molecule has 0 aliphatic heterocycles. The summed E-state index contributed by atoms with van der Waals surface area (Å²) in [6, 6.07) is 4.15. The van der Waals surface area contributed by atoms with Gasteiger partial charge >= 0.3 is 0 Å². The number of thiophene rings is 1. The summed E-state index contributed by atoms with van der Waals surface area (Å²) in [5.41, 5.74) is 0. The minimum atomic E-state index is 0.254. The first-order valence-electron chi connectivity index (χ1n) is 5.66. The number of hydrogen-bond acceptors (Lipinski definition) is 4. The van der Waals surface area contributed by atoms with Gasteiger partial charge in [0.2, 0.25) is 0 Å². The molecule has 92 valence electrons. The molecule has 4 heteroatoms. The summed E-state index contributed by atoms with van der Waals surface area (Å²) >= 11 is 1.74. The van der Waals surface area contributed by atoms with E-state index in [0.717, 1.165) is 32.7 Å². The van der Waals surface area contributed by atoms with Crippen LogP contribution in [0.15, 0.2) is 17.5 Å². The van der Waals surface area contributed by atoms with E-state index in [1.165, 1.54) is 4.88 Å². The molecular formula is C12H21NO2S. The second-order valence-corrected chi connectivity index (χ2v) is 4.78. The quantitative estimate of drug-likeness (QED) is 0.675. The van der Waals surface area contributed by atoms with Gasteiger partial charge < -0.3 is 14.8 Å². The van der Waals surface area contributed by atoms with Crippen molar-refractivity contribution in [3.05, 3.63) is 22.4 Å². The highest BCUT2D eigenvalue weighted by Gasteiger charge is 2.02. The third kappa shape index (κ3) is 6.23. The molecule has 0 amide bonds. The monoisotopic (exact) mass is 243 g/mol. The fraction of sp³-hybridized carbons (Fsp3) is 0.667. The van der Waals surface area contributed by atoms with Crippen LogP contribution < -0.4 is 5.32 Å². The molecule has 0 aromatic carbocycles. The van der Waals surface area contributed by atoms with Crippen LogP contribution in [0.4, 0.5) is 0 Å². The lowest BCUT2D eigenvalue weighted by Crippen LogP contribution is -2.28. The number of methoxy groups -OCH3 is 1. The maximum atomic E-state index is 5.71. The average molecular weight is 243 g/mol. The van der Waals surface area contributed by atoms with E-state index >= 15 is 0 Å². The molecule has 1 unspecified atom stereocenters. The van der Waals surface area contributed by atoms with Gasteiger partial charge in [-0.25, -0.2) is 0 Å². The van der Waals surface area contributed by atoms with Crippen molar-refractivity contribution in [2.75, 3.05) is 26.8 Å². The van der Waals surface area contributed by atoms with Gasteiger partial charge in [-0.15, -0.1) is 11.3 Å². The first kappa shape index (κ1) is 13.6. The molecule has 16 heavy (non-hydrogen) atoms. The van der Waals surface area contributed by atoms with Gasteiger partial charge in [0, 0.05) is 25.1 Å². The minimum Gasteiger partial charge on any atom is -0.385 e. The summed E-state index contributed by atoms with van der Waals surface area (Å²) in [5.74, 6) is 0. The maximum Gasteiger partial charge on any atom is 0.0813 e. The Labute approximate surface area is 102 Å². The Morgan fingerprint density at radius 2 is 2.38 bits per heavy atom. The molecule has 0 saturated heterocycles. The molecule has 0 fully saturated rings. The average Bonchev–Trinajstić information content (AvgIpc) is 2.79. The zero-order valence-corrected chi connectivity index (χ0v) is 10.9. The van der Waals surface area contributed by atoms with Crippen LogP contribution >= 0.6 is 11.3 Å². The summed E-state index contributed by atoms with van der Waals surface area (Å²) in [7, 11) is 1.73. The Morgan fingerprint density at radius 3 is 3.06 bits per heavy atom. The van der Waals surface area contributed by atoms with Gasteiger partial charge in [-0.3, -0.25) is 0 Å². The summed E-state index contributed by atoms with van der Waals surface area (Å²) in [6.45, 7) is 5.52. The Morgan fingerprint density at radius 1 is 1.50 bits per heavy atom. The van der Waals surface area contributed by atoms with Gasteiger partial charge in [0.25, 0.3) is 0 Å². The van der Waals surface area contributed by atoms with Crippen molar-refractivity contribution < 1.29 is 9.47 Å². The predicted octanol–water partition coefficient (Wildman–Crippen LogP) is 2.28. The normalized spacial score (nSPS) is 12.9. The number of hydrogen-bond donors (Lipinski definition) is 1. The van der Waals surface area contributed by atoms with Crippen LogP contribution in [-0.4, -0.2) is 32.9 Å². The van der Waals surface area contributed by atoms with E-state index in [4.69, 9.17) is 9.47 Å². The first-order valence-corrected chi connectivity index (χ1v) is 6.54. The Hall–Kier alpha value is -0.420. The van der Waals surface area contributed by atoms with Crippen molar-refractivity contribution in [1.82, 2.24) is 5.32 Å². The lowest BCUT2D eigenvalue weighted by Gasteiger charge is -2.13. The minimum absolute atomic E-state index is 0.254. The molecule has 0 saturated carbocycles. The molecule has 0 bridgehead atoms. The van der Waals surface area contributed by atoms with Crippen LogP contribution in [0.5, 0.6) is 0 Å². The zero-order chi connectivity index (χ0) is 11.6. The third-order valence-corrected chi connectivity index (χ3v) is 3.07. The van der Waals surface area contributed by atoms with Crippen molar-refractivity contribution in [3.8, 4) is 0 Å². The van der Waals surface area contributed by atoms with Crippen LogP contribution in [0.1, 0.15) is 18.2 Å². The van der Waals surface area contributed by atoms with E-state index in [0.29, 0.717) is 0 Å². The molecule has 3 nitrogen and oxygen atoms in total. The van der Waals surface area contributed by atoms with E-state index in [-0.39, 0.29) is 6.10 Å². The van der Waals surface area contributed by atoms with Crippen molar-refractivity contribution in [2.45, 2.75) is 26.1 Å². The third-order valence-electron chi connectivity index (χ3n) is 2.22. The summed E-state index contributed by atoms with van der Waals surface area (Å²) in [6.07, 6.45) is 1.30. The van der Waals surface area contributed by atoms with E-state index in [1.54, 1.807) is 18.4 Å². The Bertz CT molecular complexity index is 252. The topological polar surface area (TPSA) is 30.5 Å². The highest BCUT2D eigenvalue weighted by Crippen LogP contribution is 2.10. The van der Waals surface area contributed by atoms with E-state index in [1.807, 2.05) is 0 Å². The molecule has 1 atom stereocenters. The molecule has 1 rings (SSSR count). The Kier molecular flexibility index (Phi) is 7.42. The molecule has 1 aromatic rings. The van der Waals surface area contributed by atoms with Crippen molar-refractivity contribution in [2.24, 2.45) is 0 Å². The predicted molar refractivity (Wildman–Crippen MR) is 67.9 cm³/mol. The van der Waals surface area contributed by atoms with Crippen LogP contribution in [-0.2, 0) is 16.1 Å². The second-order valence-electron chi connectivity index (χ2n) is 3.75. The van der Waals surface area contributed by atoms with Crippen molar-refractivity contribution >= 4 is 11.3 Å². The van der Waals surface area contributed by atoms with Crippen molar-refractivity contribution in [1.29, 1.82) is 0 Å². The van der Waals surface area contributed by atoms with E-state index in [2.05, 4.69) is 29.8 Å². The number of nitrogens with one attached hydrogen (secondary N) is 1. The Balaban J connectivity index is 1.96. The molecule has 0 aliphatic rings. The molecular weight excluding hydrogens is 222 g/mol. The second kappa shape index (κ2) is 8.70. The fourth-order valence-corrected chi connectivity index (χ4v) is 1.95. The SMILES string of the molecule is COCCCNCC(C)OCc1cccs1. The number of rotatable bonds is 9. The first-order chi connectivity index (χ1) is 7.83. The van der Waals surface area contributed by atoms with Crippen LogP contribution in [0.3, 0.4) is 0 Å². The highest BCUT2D eigenvalue weighted by molar-refractivity contribution is 7.09. The summed E-state index contributed by atoms with van der Waals surface area (Å²) in [5, 5.41) is 5.42. The molecule has 0 aliphatic carbocycles. The standard InChI is InChI=1S/C12H21NO2S/c1-11(9-13-6-4-7-14-2)15-10-12-5-3-8-16-12/h3,5,8,11,13H,4,6-7,9-10H2,1-2H3. The van der Waals surface area contributed by atoms with Gasteiger partial charge in [0.15, 0.2) is 0 Å². The van der Waals surface area contributed by atoms with Crippen LogP contribution in [0.2, 0.25) is 0 Å². The van der Waals surface area contributed by atoms with Gasteiger partial charge in [0.1, 0.15) is 0 Å². The number of ether oxygens (including phenoxy) is 2. The van der Waals surface area contributed by atoms with E-state index in [9.17, 15) is 0 Å². The van der Waals surface area contributed by atoms with Crippen LogP contribution in [0.25, 0.3) is 0 Å². The maximum absolute atomic E-state index is 5.71. The molecule has 0 radical (unpaired) electrons. The lowest BCUT2D eigenvalue weighted by molar-refractivity contribution is 0.0545. The molecule has 0 spiro atoms. The van der Waals surface area contributed by atoms with Gasteiger partial charge in [0.05, 0.1) is 12.7 Å². The van der Waals surface area contributed by atoms with E-state index < -0.39 is 0 Å². The molecule has 1 N–H and O–H groups in total. The van der Waals surface area contributed by atoms with Crippen LogP contribution in [0, 0.1) is 0 Å². The smallest absolute Gasteiger partial charge is 0.0813 e. The highest BCUT2D eigenvalue weighted by atomic mass is 32.1. The molecule has 1 heterocycles.